The van der Waals surface area contributed by atoms with E-state index in [0.717, 1.165) is 6.42 Å². The number of hydrogen-bond acceptors (Lipinski definition) is 3. The molecule has 0 saturated carbocycles. The summed E-state index contributed by atoms with van der Waals surface area (Å²) >= 11 is 5.74. The molecule has 1 aromatic rings. The lowest BCUT2D eigenvalue weighted by Gasteiger charge is -2.25. The van der Waals surface area contributed by atoms with E-state index in [1.54, 1.807) is 30.9 Å². The zero-order valence-corrected chi connectivity index (χ0v) is 11.3. The number of aliphatic hydroxyl groups is 1. The summed E-state index contributed by atoms with van der Waals surface area (Å²) in [6.45, 7) is 4.81. The molecule has 1 aliphatic heterocycles. The molecule has 1 saturated heterocycles. The van der Waals surface area contributed by atoms with Gasteiger partial charge in [-0.3, -0.25) is 4.79 Å². The summed E-state index contributed by atoms with van der Waals surface area (Å²) in [5.41, 5.74) is -0.349. The van der Waals surface area contributed by atoms with Gasteiger partial charge in [0.1, 0.15) is 5.69 Å². The van der Waals surface area contributed by atoms with Gasteiger partial charge >= 0.3 is 0 Å². The molecule has 98 valence electrons. The summed E-state index contributed by atoms with van der Waals surface area (Å²) in [6.07, 6.45) is 2.29. The molecule has 18 heavy (non-hydrogen) atoms. The molecule has 1 aliphatic rings. The second-order valence-corrected chi connectivity index (χ2v) is 5.69. The Morgan fingerprint density at radius 1 is 1.56 bits per heavy atom. The normalized spacial score (nSPS) is 20.2. The number of hydrogen-bond donors (Lipinski definition) is 1. The number of amides is 1. The van der Waals surface area contributed by atoms with Gasteiger partial charge in [0.05, 0.1) is 10.6 Å². The van der Waals surface area contributed by atoms with Crippen LogP contribution in [-0.4, -0.2) is 39.6 Å². The number of aromatic nitrogens is 1. The molecular weight excluding hydrogens is 252 g/mol. The van der Waals surface area contributed by atoms with Gasteiger partial charge in [-0.05, 0) is 32.4 Å². The number of halogens is 1. The monoisotopic (exact) mass is 268 g/mol. The highest BCUT2D eigenvalue weighted by Gasteiger charge is 2.35. The Balaban J connectivity index is 2.06. The molecule has 0 bridgehead atoms. The molecule has 2 rings (SSSR count). The van der Waals surface area contributed by atoms with Crippen molar-refractivity contribution in [2.75, 3.05) is 13.1 Å². The Bertz CT molecular complexity index is 439. The molecular formula is C13H17ClN2O2. The maximum Gasteiger partial charge on any atom is 0.272 e. The number of rotatable bonds is 2. The van der Waals surface area contributed by atoms with Crippen LogP contribution >= 0.6 is 11.6 Å². The number of carbonyl (C=O) groups is 1. The summed E-state index contributed by atoms with van der Waals surface area (Å²) in [7, 11) is 0. The molecule has 1 aromatic heterocycles. The van der Waals surface area contributed by atoms with Gasteiger partial charge in [-0.1, -0.05) is 11.6 Å². The van der Waals surface area contributed by atoms with Crippen LogP contribution in [0.2, 0.25) is 5.02 Å². The van der Waals surface area contributed by atoms with Gasteiger partial charge in [-0.2, -0.15) is 0 Å². The SMILES string of the molecule is CC(C)(O)C1CCN(C(=O)c2ccc(Cl)cn2)C1. The van der Waals surface area contributed by atoms with E-state index < -0.39 is 5.60 Å². The maximum atomic E-state index is 12.2. The van der Waals surface area contributed by atoms with Crippen LogP contribution in [0.4, 0.5) is 0 Å². The number of likely N-dealkylation sites (tertiary alicyclic amines) is 1. The minimum absolute atomic E-state index is 0.0987. The zero-order valence-electron chi connectivity index (χ0n) is 10.6. The van der Waals surface area contributed by atoms with Gasteiger partial charge in [0.25, 0.3) is 5.91 Å². The van der Waals surface area contributed by atoms with Crippen molar-refractivity contribution in [3.8, 4) is 0 Å². The molecule has 0 aromatic carbocycles. The summed E-state index contributed by atoms with van der Waals surface area (Å²) in [4.78, 5) is 17.9. The van der Waals surface area contributed by atoms with Crippen molar-refractivity contribution in [1.82, 2.24) is 9.88 Å². The Morgan fingerprint density at radius 3 is 2.78 bits per heavy atom. The van der Waals surface area contributed by atoms with E-state index in [0.29, 0.717) is 23.8 Å². The molecule has 5 heteroatoms. The molecule has 1 fully saturated rings. The predicted octanol–water partition coefficient (Wildman–Crippen LogP) is 1.97. The van der Waals surface area contributed by atoms with Gasteiger partial charge in [-0.15, -0.1) is 0 Å². The first kappa shape index (κ1) is 13.3. The molecule has 2 heterocycles. The van der Waals surface area contributed by atoms with Crippen LogP contribution in [0.5, 0.6) is 0 Å². The molecule has 4 nitrogen and oxygen atoms in total. The fraction of sp³-hybridized carbons (Fsp3) is 0.538. The first-order chi connectivity index (χ1) is 8.38. The first-order valence-electron chi connectivity index (χ1n) is 6.01. The fourth-order valence-electron chi connectivity index (χ4n) is 2.19. The largest absolute Gasteiger partial charge is 0.390 e. The lowest BCUT2D eigenvalue weighted by molar-refractivity contribution is 0.0211. The highest BCUT2D eigenvalue weighted by atomic mass is 35.5. The third kappa shape index (κ3) is 2.82. The quantitative estimate of drug-likeness (QED) is 0.892. The molecule has 1 atom stereocenters. The fourth-order valence-corrected chi connectivity index (χ4v) is 2.30. The van der Waals surface area contributed by atoms with Gasteiger partial charge in [0.2, 0.25) is 0 Å². The van der Waals surface area contributed by atoms with E-state index in [4.69, 9.17) is 11.6 Å². The van der Waals surface area contributed by atoms with Crippen LogP contribution in [0.25, 0.3) is 0 Å². The van der Waals surface area contributed by atoms with E-state index in [9.17, 15) is 9.90 Å². The van der Waals surface area contributed by atoms with Crippen molar-refractivity contribution >= 4 is 17.5 Å². The van der Waals surface area contributed by atoms with Gasteiger partial charge in [-0.25, -0.2) is 4.98 Å². The molecule has 0 spiro atoms. The highest BCUT2D eigenvalue weighted by molar-refractivity contribution is 6.30. The van der Waals surface area contributed by atoms with Crippen LogP contribution in [0.1, 0.15) is 30.8 Å². The average Bonchev–Trinajstić information content (AvgIpc) is 2.78. The second-order valence-electron chi connectivity index (χ2n) is 5.25. The average molecular weight is 269 g/mol. The first-order valence-corrected chi connectivity index (χ1v) is 6.39. The van der Waals surface area contributed by atoms with E-state index in [1.807, 2.05) is 0 Å². The number of nitrogens with zero attached hydrogens (tertiary/aromatic N) is 2. The van der Waals surface area contributed by atoms with E-state index >= 15 is 0 Å². The standard InChI is InChI=1S/C13H17ClN2O2/c1-13(2,18)9-5-6-16(8-9)12(17)11-4-3-10(14)7-15-11/h3-4,7,9,18H,5-6,8H2,1-2H3. The second kappa shape index (κ2) is 4.86. The predicted molar refractivity (Wildman–Crippen MR) is 69.6 cm³/mol. The van der Waals surface area contributed by atoms with E-state index in [-0.39, 0.29) is 11.8 Å². The van der Waals surface area contributed by atoms with Crippen LogP contribution < -0.4 is 0 Å². The molecule has 1 amide bonds. The zero-order chi connectivity index (χ0) is 13.3. The molecule has 0 aliphatic carbocycles. The van der Waals surface area contributed by atoms with Crippen molar-refractivity contribution in [2.45, 2.75) is 25.9 Å². The Labute approximate surface area is 112 Å². The minimum Gasteiger partial charge on any atom is -0.390 e. The van der Waals surface area contributed by atoms with Crippen molar-refractivity contribution < 1.29 is 9.90 Å². The topological polar surface area (TPSA) is 53.4 Å². The van der Waals surface area contributed by atoms with Gasteiger partial charge in [0, 0.05) is 25.2 Å². The van der Waals surface area contributed by atoms with E-state index in [2.05, 4.69) is 4.98 Å². The number of pyridine rings is 1. The molecule has 0 radical (unpaired) electrons. The third-order valence-corrected chi connectivity index (χ3v) is 3.64. The van der Waals surface area contributed by atoms with Crippen molar-refractivity contribution in [2.24, 2.45) is 5.92 Å². The minimum atomic E-state index is -0.748. The van der Waals surface area contributed by atoms with Crippen molar-refractivity contribution in [1.29, 1.82) is 0 Å². The third-order valence-electron chi connectivity index (χ3n) is 3.42. The van der Waals surface area contributed by atoms with Gasteiger partial charge in [0.15, 0.2) is 0 Å². The van der Waals surface area contributed by atoms with Crippen molar-refractivity contribution in [3.05, 3.63) is 29.0 Å². The molecule has 1 unspecified atom stereocenters. The highest BCUT2D eigenvalue weighted by Crippen LogP contribution is 2.27. The van der Waals surface area contributed by atoms with Crippen LogP contribution in [-0.2, 0) is 0 Å². The molecule has 1 N–H and O–H groups in total. The lowest BCUT2D eigenvalue weighted by atomic mass is 9.90. The summed E-state index contributed by atoms with van der Waals surface area (Å²) in [5.74, 6) is 0.0205. The summed E-state index contributed by atoms with van der Waals surface area (Å²) in [6, 6.07) is 3.29. The van der Waals surface area contributed by atoms with Crippen LogP contribution in [0.15, 0.2) is 18.3 Å². The van der Waals surface area contributed by atoms with E-state index in [1.165, 1.54) is 6.20 Å². The summed E-state index contributed by atoms with van der Waals surface area (Å²) < 4.78 is 0. The lowest BCUT2D eigenvalue weighted by Crippen LogP contribution is -2.35. The smallest absolute Gasteiger partial charge is 0.272 e. The van der Waals surface area contributed by atoms with Crippen LogP contribution in [0, 0.1) is 5.92 Å². The Morgan fingerprint density at radius 2 is 2.28 bits per heavy atom. The van der Waals surface area contributed by atoms with Crippen LogP contribution in [0.3, 0.4) is 0 Å². The van der Waals surface area contributed by atoms with Gasteiger partial charge < -0.3 is 10.0 Å². The Hall–Kier alpha value is -1.13. The number of carbonyl (C=O) groups excluding carboxylic acids is 1. The summed E-state index contributed by atoms with van der Waals surface area (Å²) in [5, 5.41) is 10.5. The van der Waals surface area contributed by atoms with Crippen molar-refractivity contribution in [3.63, 3.8) is 0 Å². The maximum absolute atomic E-state index is 12.2. The Kier molecular flexibility index (Phi) is 3.59.